The molecule has 0 radical (unpaired) electrons. The zero-order valence-corrected chi connectivity index (χ0v) is 13.0. The molecule has 0 spiro atoms. The Balaban J connectivity index is 3.16. The summed E-state index contributed by atoms with van der Waals surface area (Å²) in [6, 6.07) is 0. The first-order valence-electron chi connectivity index (χ1n) is 7.57. The Kier molecular flexibility index (Phi) is 15.8. The molecule has 0 N–H and O–H groups in total. The van der Waals surface area contributed by atoms with Gasteiger partial charge >= 0.3 is 0 Å². The van der Waals surface area contributed by atoms with E-state index >= 15 is 0 Å². The molecule has 0 aromatic rings. The van der Waals surface area contributed by atoms with Crippen LogP contribution in [0.25, 0.3) is 0 Å². The highest BCUT2D eigenvalue weighted by Crippen LogP contribution is 2.12. The van der Waals surface area contributed by atoms with E-state index < -0.39 is 0 Å². The van der Waals surface area contributed by atoms with Gasteiger partial charge in [-0.25, -0.2) is 0 Å². The van der Waals surface area contributed by atoms with Gasteiger partial charge in [0, 0.05) is 13.7 Å². The Labute approximate surface area is 118 Å². The molecule has 0 amide bonds. The summed E-state index contributed by atoms with van der Waals surface area (Å²) in [5.74, 6) is 0.706. The van der Waals surface area contributed by atoms with Gasteiger partial charge < -0.3 is 18.9 Å². The van der Waals surface area contributed by atoms with E-state index in [-0.39, 0.29) is 0 Å². The van der Waals surface area contributed by atoms with Gasteiger partial charge in [0.1, 0.15) is 0 Å². The largest absolute Gasteiger partial charge is 0.382 e. The lowest BCUT2D eigenvalue weighted by atomic mass is 10.0. The molecule has 19 heavy (non-hydrogen) atoms. The van der Waals surface area contributed by atoms with Crippen molar-refractivity contribution in [3.63, 3.8) is 0 Å². The Morgan fingerprint density at radius 2 is 1.37 bits per heavy atom. The highest BCUT2D eigenvalue weighted by atomic mass is 16.6. The molecule has 0 heterocycles. The fourth-order valence-electron chi connectivity index (χ4n) is 1.73. The number of ether oxygens (including phenoxy) is 4. The van der Waals surface area contributed by atoms with Gasteiger partial charge in [-0.3, -0.25) is 0 Å². The van der Waals surface area contributed by atoms with Gasteiger partial charge in [0.15, 0.2) is 0 Å². The molecule has 0 aromatic heterocycles. The van der Waals surface area contributed by atoms with Crippen LogP contribution >= 0.6 is 0 Å². The lowest BCUT2D eigenvalue weighted by Crippen LogP contribution is -2.14. The number of unbranched alkanes of at least 4 members (excludes halogenated alkanes) is 1. The van der Waals surface area contributed by atoms with Crippen molar-refractivity contribution >= 4 is 0 Å². The molecule has 0 aliphatic heterocycles. The van der Waals surface area contributed by atoms with E-state index in [0.29, 0.717) is 45.6 Å². The molecule has 1 unspecified atom stereocenters. The van der Waals surface area contributed by atoms with Gasteiger partial charge in [-0.15, -0.1) is 0 Å². The summed E-state index contributed by atoms with van der Waals surface area (Å²) in [6.45, 7) is 9.18. The van der Waals surface area contributed by atoms with Gasteiger partial charge in [0.2, 0.25) is 0 Å². The highest BCUT2D eigenvalue weighted by molar-refractivity contribution is 4.55. The molecule has 0 bridgehead atoms. The van der Waals surface area contributed by atoms with Crippen molar-refractivity contribution < 1.29 is 18.9 Å². The second-order valence-corrected chi connectivity index (χ2v) is 4.71. The third kappa shape index (κ3) is 14.1. The minimum atomic E-state index is 0.622. The molecule has 0 rings (SSSR count). The molecule has 4 nitrogen and oxygen atoms in total. The van der Waals surface area contributed by atoms with Crippen molar-refractivity contribution in [2.45, 2.75) is 39.5 Å². The van der Waals surface area contributed by atoms with Crippen molar-refractivity contribution in [1.29, 1.82) is 0 Å². The van der Waals surface area contributed by atoms with Crippen molar-refractivity contribution in [2.75, 3.05) is 53.4 Å². The normalized spacial score (nSPS) is 12.8. The summed E-state index contributed by atoms with van der Waals surface area (Å²) in [7, 11) is 1.67. The van der Waals surface area contributed by atoms with Crippen LogP contribution < -0.4 is 0 Å². The first kappa shape index (κ1) is 18.8. The van der Waals surface area contributed by atoms with Gasteiger partial charge in [0.25, 0.3) is 0 Å². The fraction of sp³-hybridized carbons (Fsp3) is 1.00. The molecule has 1 atom stereocenters. The van der Waals surface area contributed by atoms with Crippen LogP contribution in [0.4, 0.5) is 0 Å². The topological polar surface area (TPSA) is 36.9 Å². The van der Waals surface area contributed by atoms with E-state index in [0.717, 1.165) is 6.61 Å². The summed E-state index contributed by atoms with van der Waals surface area (Å²) >= 11 is 0. The quantitative estimate of drug-likeness (QED) is 0.431. The number of rotatable bonds is 15. The fourth-order valence-corrected chi connectivity index (χ4v) is 1.73. The monoisotopic (exact) mass is 276 g/mol. The van der Waals surface area contributed by atoms with Crippen LogP contribution in [0.15, 0.2) is 0 Å². The maximum atomic E-state index is 5.64. The minimum Gasteiger partial charge on any atom is -0.382 e. The molecule has 0 fully saturated rings. The summed E-state index contributed by atoms with van der Waals surface area (Å²) in [5.41, 5.74) is 0. The molecule has 0 aromatic carbocycles. The molecule has 0 saturated carbocycles. The maximum absolute atomic E-state index is 5.64. The standard InChI is InChI=1S/C15H32O4/c1-4-6-7-15(5-2)14-19-13-12-18-11-10-17-9-8-16-3/h15H,4-14H2,1-3H3. The van der Waals surface area contributed by atoms with Crippen molar-refractivity contribution in [1.82, 2.24) is 0 Å². The predicted molar refractivity (Wildman–Crippen MR) is 77.6 cm³/mol. The second kappa shape index (κ2) is 15.9. The van der Waals surface area contributed by atoms with Crippen LogP contribution in [0.2, 0.25) is 0 Å². The SMILES string of the molecule is CCCCC(CC)COCCOCCOCCOC. The molecule has 0 saturated heterocycles. The van der Waals surface area contributed by atoms with E-state index in [4.69, 9.17) is 18.9 Å². The first-order chi connectivity index (χ1) is 9.35. The maximum Gasteiger partial charge on any atom is 0.0701 e. The average molecular weight is 276 g/mol. The summed E-state index contributed by atoms with van der Waals surface area (Å²) < 4.78 is 21.2. The molecule has 4 heteroatoms. The first-order valence-corrected chi connectivity index (χ1v) is 7.57. The molecular formula is C15H32O4. The third-order valence-electron chi connectivity index (χ3n) is 3.07. The van der Waals surface area contributed by atoms with Gasteiger partial charge in [0.05, 0.1) is 39.6 Å². The van der Waals surface area contributed by atoms with Gasteiger partial charge in [-0.05, 0) is 12.3 Å². The van der Waals surface area contributed by atoms with Crippen LogP contribution in [-0.4, -0.2) is 53.4 Å². The van der Waals surface area contributed by atoms with Crippen molar-refractivity contribution in [3.05, 3.63) is 0 Å². The Morgan fingerprint density at radius 1 is 0.789 bits per heavy atom. The van der Waals surface area contributed by atoms with E-state index in [9.17, 15) is 0 Å². The summed E-state index contributed by atoms with van der Waals surface area (Å²) in [6.07, 6.45) is 5.05. The highest BCUT2D eigenvalue weighted by Gasteiger charge is 2.05. The van der Waals surface area contributed by atoms with Gasteiger partial charge in [-0.1, -0.05) is 33.1 Å². The second-order valence-electron chi connectivity index (χ2n) is 4.71. The van der Waals surface area contributed by atoms with Crippen LogP contribution in [0.1, 0.15) is 39.5 Å². The number of hydrogen-bond acceptors (Lipinski definition) is 4. The predicted octanol–water partition coefficient (Wildman–Crippen LogP) is 2.90. The van der Waals surface area contributed by atoms with E-state index in [1.807, 2.05) is 0 Å². The molecular weight excluding hydrogens is 244 g/mol. The third-order valence-corrected chi connectivity index (χ3v) is 3.07. The lowest BCUT2D eigenvalue weighted by molar-refractivity contribution is -0.00218. The molecule has 0 aliphatic rings. The van der Waals surface area contributed by atoms with E-state index in [1.54, 1.807) is 7.11 Å². The van der Waals surface area contributed by atoms with E-state index in [1.165, 1.54) is 25.7 Å². The molecule has 116 valence electrons. The van der Waals surface area contributed by atoms with Crippen LogP contribution in [0, 0.1) is 5.92 Å². The Bertz CT molecular complexity index is 164. The Morgan fingerprint density at radius 3 is 1.89 bits per heavy atom. The zero-order chi connectivity index (χ0) is 14.2. The summed E-state index contributed by atoms with van der Waals surface area (Å²) in [4.78, 5) is 0. The summed E-state index contributed by atoms with van der Waals surface area (Å²) in [5, 5.41) is 0. The Hall–Kier alpha value is -0.160. The lowest BCUT2D eigenvalue weighted by Gasteiger charge is -2.14. The van der Waals surface area contributed by atoms with Gasteiger partial charge in [-0.2, -0.15) is 0 Å². The number of methoxy groups -OCH3 is 1. The smallest absolute Gasteiger partial charge is 0.0701 e. The molecule has 0 aliphatic carbocycles. The van der Waals surface area contributed by atoms with Crippen molar-refractivity contribution in [3.8, 4) is 0 Å². The zero-order valence-electron chi connectivity index (χ0n) is 13.0. The van der Waals surface area contributed by atoms with Crippen LogP contribution in [0.3, 0.4) is 0 Å². The average Bonchev–Trinajstić information content (AvgIpc) is 2.44. The number of hydrogen-bond donors (Lipinski definition) is 0. The minimum absolute atomic E-state index is 0.622. The van der Waals surface area contributed by atoms with Crippen LogP contribution in [0.5, 0.6) is 0 Å². The van der Waals surface area contributed by atoms with Crippen LogP contribution in [-0.2, 0) is 18.9 Å². The van der Waals surface area contributed by atoms with E-state index in [2.05, 4.69) is 13.8 Å². The van der Waals surface area contributed by atoms with Crippen molar-refractivity contribution in [2.24, 2.45) is 5.92 Å².